The smallest absolute Gasteiger partial charge is 0.343 e. The predicted molar refractivity (Wildman–Crippen MR) is 83.4 cm³/mol. The van der Waals surface area contributed by atoms with Gasteiger partial charge in [0.1, 0.15) is 11.3 Å². The van der Waals surface area contributed by atoms with Gasteiger partial charge >= 0.3 is 11.6 Å². The fourth-order valence-electron chi connectivity index (χ4n) is 2.33. The van der Waals surface area contributed by atoms with Crippen LogP contribution >= 0.6 is 0 Å². The Morgan fingerprint density at radius 2 is 1.77 bits per heavy atom. The van der Waals surface area contributed by atoms with Crippen LogP contribution in [0, 0.1) is 13.8 Å². The van der Waals surface area contributed by atoms with Gasteiger partial charge < -0.3 is 9.15 Å². The number of esters is 1. The second kappa shape index (κ2) is 5.48. The van der Waals surface area contributed by atoms with Gasteiger partial charge in [0.2, 0.25) is 0 Å². The van der Waals surface area contributed by atoms with Crippen molar-refractivity contribution in [3.8, 4) is 5.75 Å². The molecule has 4 nitrogen and oxygen atoms in total. The quantitative estimate of drug-likeness (QED) is 0.411. The van der Waals surface area contributed by atoms with E-state index >= 15 is 0 Å². The summed E-state index contributed by atoms with van der Waals surface area (Å²) >= 11 is 0. The summed E-state index contributed by atoms with van der Waals surface area (Å²) in [6.07, 6.45) is 0. The van der Waals surface area contributed by atoms with Gasteiger partial charge in [-0.2, -0.15) is 0 Å². The normalized spacial score (nSPS) is 10.6. The molecule has 0 N–H and O–H groups in total. The molecule has 2 aromatic carbocycles. The van der Waals surface area contributed by atoms with E-state index in [1.165, 1.54) is 6.07 Å². The standard InChI is InChI=1S/C18H14O4/c1-11-5-3-4-6-15(11)18(20)21-13-7-8-14-12(2)9-17(19)22-16(14)10-13/h3-10H,1-2H3. The van der Waals surface area contributed by atoms with Crippen molar-refractivity contribution in [1.29, 1.82) is 0 Å². The van der Waals surface area contributed by atoms with Crippen LogP contribution in [-0.4, -0.2) is 5.97 Å². The van der Waals surface area contributed by atoms with Gasteiger partial charge in [-0.15, -0.1) is 0 Å². The summed E-state index contributed by atoms with van der Waals surface area (Å²) in [7, 11) is 0. The highest BCUT2D eigenvalue weighted by atomic mass is 16.5. The predicted octanol–water partition coefficient (Wildman–Crippen LogP) is 3.63. The molecule has 22 heavy (non-hydrogen) atoms. The Morgan fingerprint density at radius 3 is 2.55 bits per heavy atom. The Labute approximate surface area is 127 Å². The lowest BCUT2D eigenvalue weighted by Crippen LogP contribution is -2.10. The van der Waals surface area contributed by atoms with E-state index < -0.39 is 11.6 Å². The minimum Gasteiger partial charge on any atom is -0.423 e. The topological polar surface area (TPSA) is 56.5 Å². The third kappa shape index (κ3) is 2.63. The summed E-state index contributed by atoms with van der Waals surface area (Å²) in [5.74, 6) is -0.0954. The van der Waals surface area contributed by atoms with Crippen molar-refractivity contribution in [3.05, 3.63) is 75.6 Å². The molecule has 0 bridgehead atoms. The van der Waals surface area contributed by atoms with Crippen LogP contribution < -0.4 is 10.4 Å². The summed E-state index contributed by atoms with van der Waals surface area (Å²) in [5, 5.41) is 0.815. The molecule has 0 aliphatic rings. The van der Waals surface area contributed by atoms with E-state index in [4.69, 9.17) is 9.15 Å². The third-order valence-electron chi connectivity index (χ3n) is 3.50. The molecule has 3 rings (SSSR count). The summed E-state index contributed by atoms with van der Waals surface area (Å²) in [6.45, 7) is 3.68. The van der Waals surface area contributed by atoms with E-state index in [0.717, 1.165) is 16.5 Å². The van der Waals surface area contributed by atoms with Crippen LogP contribution in [0.2, 0.25) is 0 Å². The summed E-state index contributed by atoms with van der Waals surface area (Å²) < 4.78 is 10.5. The summed E-state index contributed by atoms with van der Waals surface area (Å²) in [6, 6.07) is 13.6. The van der Waals surface area contributed by atoms with Crippen LogP contribution in [0.3, 0.4) is 0 Å². The van der Waals surface area contributed by atoms with Gasteiger partial charge in [-0.05, 0) is 43.2 Å². The first-order chi connectivity index (χ1) is 10.5. The molecule has 0 spiro atoms. The van der Waals surface area contributed by atoms with E-state index in [0.29, 0.717) is 16.9 Å². The zero-order valence-corrected chi connectivity index (χ0v) is 12.3. The molecule has 0 unspecified atom stereocenters. The average molecular weight is 294 g/mol. The Balaban J connectivity index is 1.96. The molecule has 0 radical (unpaired) electrons. The number of hydrogen-bond donors (Lipinski definition) is 0. The third-order valence-corrected chi connectivity index (χ3v) is 3.50. The lowest BCUT2D eigenvalue weighted by Gasteiger charge is -2.07. The molecule has 0 fully saturated rings. The van der Waals surface area contributed by atoms with E-state index in [-0.39, 0.29) is 0 Å². The fraction of sp³-hybridized carbons (Fsp3) is 0.111. The van der Waals surface area contributed by atoms with Gasteiger partial charge in [-0.1, -0.05) is 18.2 Å². The van der Waals surface area contributed by atoms with Crippen LogP contribution in [0.1, 0.15) is 21.5 Å². The zero-order chi connectivity index (χ0) is 15.7. The van der Waals surface area contributed by atoms with Gasteiger partial charge in [0.15, 0.2) is 0 Å². The van der Waals surface area contributed by atoms with Crippen LogP contribution in [0.25, 0.3) is 11.0 Å². The Morgan fingerprint density at radius 1 is 1.00 bits per heavy atom. The van der Waals surface area contributed by atoms with Gasteiger partial charge in [0.25, 0.3) is 0 Å². The van der Waals surface area contributed by atoms with E-state index in [2.05, 4.69) is 0 Å². The van der Waals surface area contributed by atoms with Crippen molar-refractivity contribution in [2.24, 2.45) is 0 Å². The molecule has 0 atom stereocenters. The van der Waals surface area contributed by atoms with Crippen molar-refractivity contribution in [3.63, 3.8) is 0 Å². The lowest BCUT2D eigenvalue weighted by molar-refractivity contribution is 0.0734. The number of hydrogen-bond acceptors (Lipinski definition) is 4. The number of fused-ring (bicyclic) bond motifs is 1. The molecule has 0 aliphatic carbocycles. The Kier molecular flexibility index (Phi) is 3.51. The number of benzene rings is 2. The molecular weight excluding hydrogens is 280 g/mol. The van der Waals surface area contributed by atoms with Gasteiger partial charge in [0.05, 0.1) is 5.56 Å². The molecular formula is C18H14O4. The highest BCUT2D eigenvalue weighted by Gasteiger charge is 2.12. The molecule has 4 heteroatoms. The molecule has 0 saturated heterocycles. The molecule has 0 aliphatic heterocycles. The average Bonchev–Trinajstić information content (AvgIpc) is 2.47. The van der Waals surface area contributed by atoms with Gasteiger partial charge in [-0.25, -0.2) is 9.59 Å². The maximum absolute atomic E-state index is 12.2. The van der Waals surface area contributed by atoms with Gasteiger partial charge in [-0.3, -0.25) is 0 Å². The second-order valence-corrected chi connectivity index (χ2v) is 5.11. The molecule has 3 aromatic rings. The number of carbonyl (C=O) groups is 1. The van der Waals surface area contributed by atoms with Gasteiger partial charge in [0, 0.05) is 17.5 Å². The number of aryl methyl sites for hydroxylation is 2. The Bertz CT molecular complexity index is 922. The number of ether oxygens (including phenoxy) is 1. The largest absolute Gasteiger partial charge is 0.423 e. The van der Waals surface area contributed by atoms with Crippen LogP contribution in [0.5, 0.6) is 5.75 Å². The maximum Gasteiger partial charge on any atom is 0.343 e. The van der Waals surface area contributed by atoms with Crippen LogP contribution in [0.4, 0.5) is 0 Å². The van der Waals surface area contributed by atoms with Crippen molar-refractivity contribution in [1.82, 2.24) is 0 Å². The van der Waals surface area contributed by atoms with E-state index in [1.54, 1.807) is 30.3 Å². The first-order valence-corrected chi connectivity index (χ1v) is 6.87. The van der Waals surface area contributed by atoms with Crippen molar-refractivity contribution in [2.75, 3.05) is 0 Å². The summed E-state index contributed by atoms with van der Waals surface area (Å²) in [5.41, 5.74) is 2.15. The first kappa shape index (κ1) is 14.1. The molecule has 0 saturated carbocycles. The molecule has 1 heterocycles. The molecule has 0 amide bonds. The zero-order valence-electron chi connectivity index (χ0n) is 12.3. The maximum atomic E-state index is 12.2. The van der Waals surface area contributed by atoms with E-state index in [1.807, 2.05) is 26.0 Å². The molecule has 1 aromatic heterocycles. The second-order valence-electron chi connectivity index (χ2n) is 5.11. The first-order valence-electron chi connectivity index (χ1n) is 6.87. The fourth-order valence-corrected chi connectivity index (χ4v) is 2.33. The van der Waals surface area contributed by atoms with Crippen molar-refractivity contribution >= 4 is 16.9 Å². The van der Waals surface area contributed by atoms with Crippen LogP contribution in [-0.2, 0) is 0 Å². The highest BCUT2D eigenvalue weighted by Crippen LogP contribution is 2.23. The SMILES string of the molecule is Cc1ccccc1C(=O)Oc1ccc2c(C)cc(=O)oc2c1. The minimum absolute atomic E-state index is 0.342. The minimum atomic E-state index is -0.438. The van der Waals surface area contributed by atoms with E-state index in [9.17, 15) is 9.59 Å². The Hall–Kier alpha value is -2.88. The number of rotatable bonds is 2. The number of carbonyl (C=O) groups excluding carboxylic acids is 1. The highest BCUT2D eigenvalue weighted by molar-refractivity contribution is 5.93. The monoisotopic (exact) mass is 294 g/mol. The van der Waals surface area contributed by atoms with Crippen LogP contribution in [0.15, 0.2) is 57.7 Å². The lowest BCUT2D eigenvalue weighted by atomic mass is 10.1. The summed E-state index contributed by atoms with van der Waals surface area (Å²) in [4.78, 5) is 23.6. The van der Waals surface area contributed by atoms with Crippen molar-refractivity contribution in [2.45, 2.75) is 13.8 Å². The molecule has 110 valence electrons. The van der Waals surface area contributed by atoms with Crippen molar-refractivity contribution < 1.29 is 13.9 Å².